The van der Waals surface area contributed by atoms with E-state index in [2.05, 4.69) is 19.5 Å². The second-order valence-corrected chi connectivity index (χ2v) is 6.98. The van der Waals surface area contributed by atoms with Gasteiger partial charge in [-0.15, -0.1) is 0 Å². The minimum Gasteiger partial charge on any atom is -0.388 e. The monoisotopic (exact) mass is 391 g/mol. The zero-order valence-corrected chi connectivity index (χ0v) is 14.4. The van der Waals surface area contributed by atoms with Crippen molar-refractivity contribution in [2.75, 3.05) is 26.1 Å². The molecular weight excluding hydrogens is 373 g/mol. The molecule has 0 saturated carbocycles. The van der Waals surface area contributed by atoms with E-state index < -0.39 is 44.3 Å². The van der Waals surface area contributed by atoms with Crippen molar-refractivity contribution in [3.8, 4) is 0 Å². The topological polar surface area (TPSA) is 195 Å². The Hall–Kier alpha value is -1.86. The van der Waals surface area contributed by atoms with Crippen molar-refractivity contribution in [2.24, 2.45) is 5.92 Å². The van der Waals surface area contributed by atoms with Gasteiger partial charge in [-0.05, 0) is 0 Å². The van der Waals surface area contributed by atoms with Crippen molar-refractivity contribution in [1.82, 2.24) is 19.5 Å². The molecule has 0 spiro atoms. The van der Waals surface area contributed by atoms with Crippen molar-refractivity contribution in [3.63, 3.8) is 0 Å². The standard InChI is InChI=1S/C12H18N5O8P/c1-23-2-5-6(3-24-26(20,21)22)25-11(8(5)18)17-4-14-7-9(17)15-12(13)16-10(7)19/h4-6,8,11,18H,2-3H2,1H3,(H2,20,21,22)(H3,13,15,16,19)/t5-,6-,8-,11-/m1/s1. The molecule has 4 atom stereocenters. The van der Waals surface area contributed by atoms with Crippen LogP contribution in [0.15, 0.2) is 11.1 Å². The van der Waals surface area contributed by atoms with Gasteiger partial charge in [-0.2, -0.15) is 4.98 Å². The summed E-state index contributed by atoms with van der Waals surface area (Å²) >= 11 is 0. The molecule has 1 aliphatic heterocycles. The maximum Gasteiger partial charge on any atom is 0.469 e. The average molecular weight is 391 g/mol. The van der Waals surface area contributed by atoms with Crippen molar-refractivity contribution >= 4 is 24.9 Å². The third-order valence-electron chi connectivity index (χ3n) is 4.01. The minimum atomic E-state index is -4.71. The summed E-state index contributed by atoms with van der Waals surface area (Å²) in [5.41, 5.74) is 5.11. The number of aliphatic hydroxyl groups is 1. The zero-order chi connectivity index (χ0) is 19.1. The molecule has 0 aliphatic carbocycles. The van der Waals surface area contributed by atoms with Crippen molar-refractivity contribution in [3.05, 3.63) is 16.7 Å². The molecule has 1 saturated heterocycles. The molecule has 2 aromatic heterocycles. The van der Waals surface area contributed by atoms with Gasteiger partial charge in [0.25, 0.3) is 5.56 Å². The number of nitrogen functional groups attached to an aromatic ring is 1. The van der Waals surface area contributed by atoms with Crippen LogP contribution in [0.1, 0.15) is 6.23 Å². The lowest BCUT2D eigenvalue weighted by Gasteiger charge is -2.19. The lowest BCUT2D eigenvalue weighted by atomic mass is 9.99. The number of hydrogen-bond acceptors (Lipinski definition) is 9. The molecule has 0 unspecified atom stereocenters. The van der Waals surface area contributed by atoms with Gasteiger partial charge in [-0.3, -0.25) is 18.9 Å². The van der Waals surface area contributed by atoms with Gasteiger partial charge < -0.3 is 30.1 Å². The maximum absolute atomic E-state index is 11.9. The van der Waals surface area contributed by atoms with E-state index in [0.29, 0.717) is 0 Å². The fourth-order valence-electron chi connectivity index (χ4n) is 2.88. The highest BCUT2D eigenvalue weighted by Crippen LogP contribution is 2.40. The molecule has 3 heterocycles. The number of aromatic amines is 1. The highest BCUT2D eigenvalue weighted by atomic mass is 31.2. The summed E-state index contributed by atoms with van der Waals surface area (Å²) in [5, 5.41) is 10.6. The summed E-state index contributed by atoms with van der Waals surface area (Å²) in [4.78, 5) is 39.9. The molecular formula is C12H18N5O8P. The van der Waals surface area contributed by atoms with Gasteiger partial charge in [-0.1, -0.05) is 0 Å². The quantitative estimate of drug-likeness (QED) is 0.353. The second kappa shape index (κ2) is 7.04. The average Bonchev–Trinajstić information content (AvgIpc) is 3.08. The van der Waals surface area contributed by atoms with Gasteiger partial charge in [0.2, 0.25) is 5.95 Å². The largest absolute Gasteiger partial charge is 0.469 e. The number of hydrogen-bond donors (Lipinski definition) is 5. The number of nitrogens with zero attached hydrogens (tertiary/aromatic N) is 3. The van der Waals surface area contributed by atoms with Gasteiger partial charge in [0.1, 0.15) is 6.10 Å². The van der Waals surface area contributed by atoms with Gasteiger partial charge >= 0.3 is 7.82 Å². The highest BCUT2D eigenvalue weighted by Gasteiger charge is 2.46. The van der Waals surface area contributed by atoms with Gasteiger partial charge in [0, 0.05) is 13.0 Å². The molecule has 14 heteroatoms. The first kappa shape index (κ1) is 18.9. The molecule has 1 aliphatic rings. The van der Waals surface area contributed by atoms with Crippen LogP contribution in [-0.4, -0.2) is 66.9 Å². The number of imidazole rings is 1. The Morgan fingerprint density at radius 2 is 2.19 bits per heavy atom. The van der Waals surface area contributed by atoms with Crippen LogP contribution in [0.3, 0.4) is 0 Å². The number of phosphoric ester groups is 1. The minimum absolute atomic E-state index is 0.00760. The predicted molar refractivity (Wildman–Crippen MR) is 85.8 cm³/mol. The fourth-order valence-corrected chi connectivity index (χ4v) is 3.22. The van der Waals surface area contributed by atoms with Crippen LogP contribution in [-0.2, 0) is 18.6 Å². The molecule has 3 rings (SSSR count). The van der Waals surface area contributed by atoms with Gasteiger partial charge in [0.15, 0.2) is 17.4 Å². The number of ether oxygens (including phenoxy) is 2. The Morgan fingerprint density at radius 1 is 1.46 bits per heavy atom. The van der Waals surface area contributed by atoms with Crippen molar-refractivity contribution in [2.45, 2.75) is 18.4 Å². The molecule has 26 heavy (non-hydrogen) atoms. The molecule has 6 N–H and O–H groups in total. The molecule has 1 fully saturated rings. The van der Waals surface area contributed by atoms with E-state index in [4.69, 9.17) is 25.0 Å². The number of aliphatic hydroxyl groups excluding tert-OH is 1. The van der Waals surface area contributed by atoms with E-state index in [1.165, 1.54) is 18.0 Å². The summed E-state index contributed by atoms with van der Waals surface area (Å²) in [7, 11) is -3.30. The number of aromatic nitrogens is 4. The molecule has 13 nitrogen and oxygen atoms in total. The molecule has 0 aromatic carbocycles. The molecule has 0 radical (unpaired) electrons. The van der Waals surface area contributed by atoms with E-state index in [-0.39, 0.29) is 23.7 Å². The predicted octanol–water partition coefficient (Wildman–Crippen LogP) is -1.67. The Labute approximate surface area is 146 Å². The van der Waals surface area contributed by atoms with Crippen LogP contribution in [0, 0.1) is 5.92 Å². The first-order chi connectivity index (χ1) is 12.2. The Morgan fingerprint density at radius 3 is 2.85 bits per heavy atom. The number of anilines is 1. The summed E-state index contributed by atoms with van der Waals surface area (Å²) < 4.78 is 27.5. The van der Waals surface area contributed by atoms with E-state index in [0.717, 1.165) is 0 Å². The fraction of sp³-hybridized carbons (Fsp3) is 0.583. The Kier molecular flexibility index (Phi) is 5.12. The van der Waals surface area contributed by atoms with Crippen molar-refractivity contribution in [1.29, 1.82) is 0 Å². The van der Waals surface area contributed by atoms with Crippen LogP contribution >= 0.6 is 7.82 Å². The van der Waals surface area contributed by atoms with Crippen LogP contribution in [0.4, 0.5) is 5.95 Å². The highest BCUT2D eigenvalue weighted by molar-refractivity contribution is 7.46. The number of nitrogens with two attached hydrogens (primary N) is 1. The first-order valence-corrected chi connectivity index (χ1v) is 8.99. The number of phosphoric acid groups is 1. The number of H-pyrrole nitrogens is 1. The maximum atomic E-state index is 11.9. The van der Waals surface area contributed by atoms with Crippen LogP contribution in [0.25, 0.3) is 11.2 Å². The lowest BCUT2D eigenvalue weighted by Crippen LogP contribution is -2.32. The summed E-state index contributed by atoms with van der Waals surface area (Å²) in [6, 6.07) is 0. The number of rotatable bonds is 6. The van der Waals surface area contributed by atoms with E-state index in [1.54, 1.807) is 0 Å². The van der Waals surface area contributed by atoms with Gasteiger partial charge in [0.05, 0.1) is 25.6 Å². The molecule has 0 bridgehead atoms. The number of fused-ring (bicyclic) bond motifs is 1. The number of methoxy groups -OCH3 is 1. The second-order valence-electron chi connectivity index (χ2n) is 5.74. The van der Waals surface area contributed by atoms with Crippen LogP contribution < -0.4 is 11.3 Å². The van der Waals surface area contributed by atoms with Crippen LogP contribution in [0.2, 0.25) is 0 Å². The molecule has 2 aromatic rings. The molecule has 144 valence electrons. The Balaban J connectivity index is 1.93. The summed E-state index contributed by atoms with van der Waals surface area (Å²) in [6.07, 6.45) is -1.78. The smallest absolute Gasteiger partial charge is 0.388 e. The first-order valence-electron chi connectivity index (χ1n) is 7.46. The normalized spacial score (nSPS) is 26.6. The SMILES string of the molecule is COC[C@H]1[C@@H](O)[C@H](n2cnc3c(=O)[nH]c(N)nc32)O[C@@H]1COP(=O)(O)O. The van der Waals surface area contributed by atoms with Gasteiger partial charge in [-0.25, -0.2) is 9.55 Å². The third-order valence-corrected chi connectivity index (χ3v) is 4.50. The lowest BCUT2D eigenvalue weighted by molar-refractivity contribution is -0.0492. The van der Waals surface area contributed by atoms with E-state index in [1.807, 2.05) is 0 Å². The summed E-state index contributed by atoms with van der Waals surface area (Å²) in [6.45, 7) is -0.412. The Bertz CT molecular complexity index is 893. The number of nitrogens with one attached hydrogen (secondary N) is 1. The van der Waals surface area contributed by atoms with E-state index in [9.17, 15) is 14.5 Å². The molecule has 0 amide bonds. The van der Waals surface area contributed by atoms with Crippen LogP contribution in [0.5, 0.6) is 0 Å². The zero-order valence-electron chi connectivity index (χ0n) is 13.6. The van der Waals surface area contributed by atoms with Crippen molar-refractivity contribution < 1.29 is 33.5 Å². The van der Waals surface area contributed by atoms with E-state index >= 15 is 0 Å². The third kappa shape index (κ3) is 3.64. The summed E-state index contributed by atoms with van der Waals surface area (Å²) in [5.74, 6) is -0.778.